The van der Waals surface area contributed by atoms with E-state index in [0.29, 0.717) is 9.87 Å². The highest BCUT2D eigenvalue weighted by molar-refractivity contribution is 7.84. The second-order valence-corrected chi connectivity index (χ2v) is 5.42. The van der Waals surface area contributed by atoms with Crippen LogP contribution in [0.3, 0.4) is 0 Å². The van der Waals surface area contributed by atoms with Crippen LogP contribution in [-0.2, 0) is 16.6 Å². The van der Waals surface area contributed by atoms with Crippen LogP contribution < -0.4 is 0 Å². The molecule has 0 spiro atoms. The Balaban J connectivity index is 2.13. The molecule has 0 radical (unpaired) electrons. The minimum atomic E-state index is -4.73. The third-order valence-corrected chi connectivity index (χ3v) is 3.76. The van der Waals surface area contributed by atoms with Crippen molar-refractivity contribution in [2.24, 2.45) is 0 Å². The smallest absolute Gasteiger partial charge is 0.177 e. The number of alkyl halides is 3. The van der Waals surface area contributed by atoms with Crippen LogP contribution in [-0.4, -0.2) is 25.8 Å². The Kier molecular flexibility index (Phi) is 3.10. The number of nitrogens with zero attached hydrogens (tertiary/aromatic N) is 1. The SMILES string of the molecule is O=S(=O)(F)N1CC(c2cccc(C(F)(F)F)c2)C1. The number of hydrogen-bond acceptors (Lipinski definition) is 2. The first-order chi connectivity index (χ1) is 8.18. The summed E-state index contributed by atoms with van der Waals surface area (Å²) in [6.45, 7) is -0.250. The average molecular weight is 283 g/mol. The van der Waals surface area contributed by atoms with E-state index < -0.39 is 28.1 Å². The zero-order valence-electron chi connectivity index (χ0n) is 8.98. The van der Waals surface area contributed by atoms with Gasteiger partial charge in [0, 0.05) is 19.0 Å². The minimum absolute atomic E-state index is 0.125. The van der Waals surface area contributed by atoms with Crippen molar-refractivity contribution in [2.45, 2.75) is 12.1 Å². The molecule has 1 saturated heterocycles. The van der Waals surface area contributed by atoms with E-state index in [0.717, 1.165) is 12.1 Å². The Bertz CT molecular complexity index is 549. The van der Waals surface area contributed by atoms with E-state index in [1.165, 1.54) is 12.1 Å². The summed E-state index contributed by atoms with van der Waals surface area (Å²) in [4.78, 5) is 0. The lowest BCUT2D eigenvalue weighted by atomic mass is 9.92. The summed E-state index contributed by atoms with van der Waals surface area (Å²) in [5.41, 5.74) is -0.425. The van der Waals surface area contributed by atoms with Gasteiger partial charge in [0.2, 0.25) is 0 Å². The van der Waals surface area contributed by atoms with Gasteiger partial charge in [-0.15, -0.1) is 0 Å². The molecular weight excluding hydrogens is 274 g/mol. The second-order valence-electron chi connectivity index (χ2n) is 4.08. The molecule has 1 aliphatic rings. The van der Waals surface area contributed by atoms with Gasteiger partial charge in [0.1, 0.15) is 0 Å². The van der Waals surface area contributed by atoms with Gasteiger partial charge in [-0.3, -0.25) is 0 Å². The summed E-state index contributed by atoms with van der Waals surface area (Å²) < 4.78 is 71.4. The lowest BCUT2D eigenvalue weighted by Crippen LogP contribution is -2.46. The van der Waals surface area contributed by atoms with Crippen molar-refractivity contribution >= 4 is 10.4 Å². The molecule has 0 saturated carbocycles. The molecule has 1 aliphatic heterocycles. The standard InChI is InChI=1S/C10H9F4NO2S/c11-10(12,13)9-3-1-2-7(4-9)8-5-15(6-8)18(14,16)17/h1-4,8H,5-6H2. The molecule has 0 N–H and O–H groups in total. The van der Waals surface area contributed by atoms with Gasteiger partial charge in [-0.05, 0) is 11.6 Å². The molecule has 0 atom stereocenters. The number of hydrogen-bond donors (Lipinski definition) is 0. The summed E-state index contributed by atoms with van der Waals surface area (Å²) in [5.74, 6) is -0.391. The summed E-state index contributed by atoms with van der Waals surface area (Å²) in [5, 5.41) is 0. The van der Waals surface area contributed by atoms with Crippen molar-refractivity contribution in [3.63, 3.8) is 0 Å². The first-order valence-electron chi connectivity index (χ1n) is 5.05. The van der Waals surface area contributed by atoms with Crippen LogP contribution in [0.15, 0.2) is 24.3 Å². The summed E-state index contributed by atoms with van der Waals surface area (Å²) in [6.07, 6.45) is -4.44. The van der Waals surface area contributed by atoms with Gasteiger partial charge >= 0.3 is 16.6 Å². The molecular formula is C10H9F4NO2S. The maximum Gasteiger partial charge on any atom is 0.416 e. The molecule has 1 aromatic rings. The highest BCUT2D eigenvalue weighted by atomic mass is 32.3. The Labute approximate surface area is 101 Å². The summed E-state index contributed by atoms with van der Waals surface area (Å²) in [6, 6.07) is 4.63. The monoisotopic (exact) mass is 283 g/mol. The molecule has 1 fully saturated rings. The molecule has 0 unspecified atom stereocenters. The fourth-order valence-electron chi connectivity index (χ4n) is 1.80. The predicted molar refractivity (Wildman–Crippen MR) is 55.8 cm³/mol. The quantitative estimate of drug-likeness (QED) is 0.617. The van der Waals surface area contributed by atoms with E-state index in [4.69, 9.17) is 0 Å². The molecule has 8 heteroatoms. The van der Waals surface area contributed by atoms with Crippen LogP contribution in [0.2, 0.25) is 0 Å². The highest BCUT2D eigenvalue weighted by Crippen LogP contribution is 2.34. The zero-order valence-corrected chi connectivity index (χ0v) is 9.80. The predicted octanol–water partition coefficient (Wildman–Crippen LogP) is 2.32. The second kappa shape index (κ2) is 4.20. The maximum absolute atomic E-state index is 12.5. The van der Waals surface area contributed by atoms with Gasteiger partial charge in [-0.1, -0.05) is 22.1 Å². The van der Waals surface area contributed by atoms with Crippen molar-refractivity contribution in [3.05, 3.63) is 35.4 Å². The van der Waals surface area contributed by atoms with Gasteiger partial charge in [-0.2, -0.15) is 25.9 Å². The Morgan fingerprint density at radius 3 is 2.33 bits per heavy atom. The molecule has 0 aromatic heterocycles. The molecule has 2 rings (SSSR count). The molecule has 3 nitrogen and oxygen atoms in total. The lowest BCUT2D eigenvalue weighted by Gasteiger charge is -2.35. The van der Waals surface area contributed by atoms with Gasteiger partial charge in [0.05, 0.1) is 5.56 Å². The van der Waals surface area contributed by atoms with Crippen LogP contribution in [0.1, 0.15) is 17.0 Å². The van der Waals surface area contributed by atoms with Crippen molar-refractivity contribution in [1.29, 1.82) is 0 Å². The van der Waals surface area contributed by atoms with Crippen molar-refractivity contribution in [2.75, 3.05) is 13.1 Å². The van der Waals surface area contributed by atoms with E-state index in [1.54, 1.807) is 0 Å². The van der Waals surface area contributed by atoms with Crippen LogP contribution in [0.4, 0.5) is 17.1 Å². The number of halogens is 4. The van der Waals surface area contributed by atoms with E-state index in [1.807, 2.05) is 0 Å². The molecule has 18 heavy (non-hydrogen) atoms. The molecule has 0 amide bonds. The molecule has 1 heterocycles. The molecule has 100 valence electrons. The van der Waals surface area contributed by atoms with E-state index in [2.05, 4.69) is 0 Å². The van der Waals surface area contributed by atoms with Crippen LogP contribution >= 0.6 is 0 Å². The van der Waals surface area contributed by atoms with E-state index in [9.17, 15) is 25.5 Å². The van der Waals surface area contributed by atoms with Crippen molar-refractivity contribution in [1.82, 2.24) is 4.31 Å². The Morgan fingerprint density at radius 2 is 1.83 bits per heavy atom. The van der Waals surface area contributed by atoms with Gasteiger partial charge in [-0.25, -0.2) is 0 Å². The highest BCUT2D eigenvalue weighted by Gasteiger charge is 2.38. The summed E-state index contributed by atoms with van der Waals surface area (Å²) >= 11 is 0. The van der Waals surface area contributed by atoms with Crippen molar-refractivity contribution in [3.8, 4) is 0 Å². The zero-order chi connectivity index (χ0) is 13.6. The van der Waals surface area contributed by atoms with Gasteiger partial charge in [0.15, 0.2) is 0 Å². The van der Waals surface area contributed by atoms with Gasteiger partial charge < -0.3 is 0 Å². The number of benzene rings is 1. The first-order valence-corrected chi connectivity index (χ1v) is 6.39. The fourth-order valence-corrected chi connectivity index (χ4v) is 2.51. The van der Waals surface area contributed by atoms with Crippen molar-refractivity contribution < 1.29 is 25.5 Å². The average Bonchev–Trinajstić information content (AvgIpc) is 2.12. The largest absolute Gasteiger partial charge is 0.416 e. The molecule has 0 aliphatic carbocycles. The van der Waals surface area contributed by atoms with Crippen LogP contribution in [0.25, 0.3) is 0 Å². The van der Waals surface area contributed by atoms with Crippen LogP contribution in [0.5, 0.6) is 0 Å². The van der Waals surface area contributed by atoms with E-state index >= 15 is 0 Å². The Hall–Kier alpha value is -1.15. The third-order valence-electron chi connectivity index (χ3n) is 2.84. The fraction of sp³-hybridized carbons (Fsp3) is 0.400. The normalized spacial score (nSPS) is 18.7. The lowest BCUT2D eigenvalue weighted by molar-refractivity contribution is -0.137. The van der Waals surface area contributed by atoms with Gasteiger partial charge in [0.25, 0.3) is 0 Å². The Morgan fingerprint density at radius 1 is 1.22 bits per heavy atom. The minimum Gasteiger partial charge on any atom is -0.177 e. The molecule has 0 bridgehead atoms. The van der Waals surface area contributed by atoms with Crippen LogP contribution in [0, 0.1) is 0 Å². The first kappa shape index (κ1) is 13.3. The topological polar surface area (TPSA) is 37.4 Å². The third kappa shape index (κ3) is 2.64. The van der Waals surface area contributed by atoms with E-state index in [-0.39, 0.29) is 13.1 Å². The maximum atomic E-state index is 12.5. The molecule has 1 aromatic carbocycles. The summed E-state index contributed by atoms with van der Waals surface area (Å²) in [7, 11) is -4.73. The number of rotatable bonds is 2.